The molecule has 0 spiro atoms. The first-order chi connectivity index (χ1) is 5.29. The number of hydrogen-bond donors (Lipinski definition) is 2. The minimum absolute atomic E-state index is 0.156. The molecular formula is C8H17NOS. The van der Waals surface area contributed by atoms with Crippen molar-refractivity contribution in [2.45, 2.75) is 31.9 Å². The van der Waals surface area contributed by atoms with E-state index in [1.54, 1.807) is 0 Å². The molecule has 0 saturated carbocycles. The SMILES string of the molecule is C[C@H](O)CCN[C@H]1CCSC1. The standard InChI is InChI=1S/C8H17NOS/c1-7(10)2-4-9-8-3-5-11-6-8/h7-10H,2-6H2,1H3/t7-,8-/m0/s1. The molecule has 1 rings (SSSR count). The molecule has 11 heavy (non-hydrogen) atoms. The van der Waals surface area contributed by atoms with Crippen molar-refractivity contribution in [2.75, 3.05) is 18.1 Å². The van der Waals surface area contributed by atoms with Crippen LogP contribution >= 0.6 is 11.8 Å². The summed E-state index contributed by atoms with van der Waals surface area (Å²) in [7, 11) is 0. The molecule has 0 aliphatic carbocycles. The lowest BCUT2D eigenvalue weighted by atomic mass is 10.2. The fourth-order valence-corrected chi connectivity index (χ4v) is 2.38. The Hall–Kier alpha value is 0.270. The molecule has 1 aliphatic rings. The van der Waals surface area contributed by atoms with E-state index in [4.69, 9.17) is 5.11 Å². The molecule has 0 radical (unpaired) electrons. The van der Waals surface area contributed by atoms with Crippen LogP contribution in [0, 0.1) is 0 Å². The topological polar surface area (TPSA) is 32.3 Å². The van der Waals surface area contributed by atoms with E-state index >= 15 is 0 Å². The predicted molar refractivity (Wildman–Crippen MR) is 50.0 cm³/mol. The second-order valence-corrected chi connectivity index (χ2v) is 4.30. The van der Waals surface area contributed by atoms with Crippen LogP contribution in [0.4, 0.5) is 0 Å². The highest BCUT2D eigenvalue weighted by Gasteiger charge is 2.13. The van der Waals surface area contributed by atoms with Crippen molar-refractivity contribution in [2.24, 2.45) is 0 Å². The van der Waals surface area contributed by atoms with Crippen LogP contribution in [0.3, 0.4) is 0 Å². The highest BCUT2D eigenvalue weighted by Crippen LogP contribution is 2.16. The van der Waals surface area contributed by atoms with Gasteiger partial charge in [0, 0.05) is 11.8 Å². The summed E-state index contributed by atoms with van der Waals surface area (Å²) in [5, 5.41) is 12.4. The number of hydrogen-bond acceptors (Lipinski definition) is 3. The van der Waals surface area contributed by atoms with E-state index in [0.29, 0.717) is 6.04 Å². The maximum atomic E-state index is 8.98. The van der Waals surface area contributed by atoms with Crippen LogP contribution in [-0.4, -0.2) is 35.3 Å². The first-order valence-electron chi connectivity index (χ1n) is 4.28. The third-order valence-corrected chi connectivity index (χ3v) is 3.09. The average molecular weight is 175 g/mol. The van der Waals surface area contributed by atoms with Gasteiger partial charge in [0.05, 0.1) is 6.10 Å². The molecular weight excluding hydrogens is 158 g/mol. The van der Waals surface area contributed by atoms with Crippen LogP contribution in [0.5, 0.6) is 0 Å². The summed E-state index contributed by atoms with van der Waals surface area (Å²) in [6, 6.07) is 0.707. The highest BCUT2D eigenvalue weighted by molar-refractivity contribution is 7.99. The van der Waals surface area contributed by atoms with E-state index in [1.165, 1.54) is 17.9 Å². The molecule has 0 aromatic carbocycles. The molecule has 0 amide bonds. The molecule has 1 fully saturated rings. The summed E-state index contributed by atoms with van der Waals surface area (Å²) < 4.78 is 0. The molecule has 1 heterocycles. The van der Waals surface area contributed by atoms with Crippen molar-refractivity contribution < 1.29 is 5.11 Å². The molecule has 1 saturated heterocycles. The second-order valence-electron chi connectivity index (χ2n) is 3.15. The van der Waals surface area contributed by atoms with E-state index < -0.39 is 0 Å². The zero-order chi connectivity index (χ0) is 8.10. The summed E-state index contributed by atoms with van der Waals surface area (Å²) in [4.78, 5) is 0. The smallest absolute Gasteiger partial charge is 0.0524 e. The monoisotopic (exact) mass is 175 g/mol. The van der Waals surface area contributed by atoms with E-state index in [1.807, 2.05) is 18.7 Å². The third-order valence-electron chi connectivity index (χ3n) is 1.92. The molecule has 1 aliphatic heterocycles. The largest absolute Gasteiger partial charge is 0.393 e. The van der Waals surface area contributed by atoms with Gasteiger partial charge in [-0.1, -0.05) is 0 Å². The minimum Gasteiger partial charge on any atom is -0.393 e. The number of aliphatic hydroxyl groups is 1. The average Bonchev–Trinajstić information content (AvgIpc) is 2.39. The number of rotatable bonds is 4. The fourth-order valence-electron chi connectivity index (χ4n) is 1.19. The van der Waals surface area contributed by atoms with Crippen LogP contribution < -0.4 is 5.32 Å². The lowest BCUT2D eigenvalue weighted by Gasteiger charge is -2.11. The molecule has 66 valence electrons. The molecule has 3 heteroatoms. The van der Waals surface area contributed by atoms with Crippen LogP contribution in [0.15, 0.2) is 0 Å². The zero-order valence-corrected chi connectivity index (χ0v) is 7.86. The first kappa shape index (κ1) is 9.36. The van der Waals surface area contributed by atoms with Gasteiger partial charge in [0.25, 0.3) is 0 Å². The Bertz CT molecular complexity index is 102. The van der Waals surface area contributed by atoms with E-state index in [9.17, 15) is 0 Å². The molecule has 2 atom stereocenters. The summed E-state index contributed by atoms with van der Waals surface area (Å²) in [6.07, 6.45) is 2.02. The van der Waals surface area contributed by atoms with Crippen molar-refractivity contribution >= 4 is 11.8 Å². The van der Waals surface area contributed by atoms with Crippen LogP contribution in [-0.2, 0) is 0 Å². The fraction of sp³-hybridized carbons (Fsp3) is 1.00. The number of thioether (sulfide) groups is 1. The van der Waals surface area contributed by atoms with Crippen LogP contribution in [0.2, 0.25) is 0 Å². The zero-order valence-electron chi connectivity index (χ0n) is 7.05. The maximum absolute atomic E-state index is 8.98. The lowest BCUT2D eigenvalue weighted by molar-refractivity contribution is 0.182. The lowest BCUT2D eigenvalue weighted by Crippen LogP contribution is -2.30. The Morgan fingerprint density at radius 3 is 3.09 bits per heavy atom. The van der Waals surface area contributed by atoms with Gasteiger partial charge in [-0.15, -0.1) is 0 Å². The van der Waals surface area contributed by atoms with Crippen molar-refractivity contribution in [1.29, 1.82) is 0 Å². The summed E-state index contributed by atoms with van der Waals surface area (Å²) in [5.74, 6) is 2.55. The summed E-state index contributed by atoms with van der Waals surface area (Å²) in [6.45, 7) is 2.80. The number of nitrogens with one attached hydrogen (secondary N) is 1. The molecule has 2 nitrogen and oxygen atoms in total. The van der Waals surface area contributed by atoms with Crippen molar-refractivity contribution in [3.63, 3.8) is 0 Å². The van der Waals surface area contributed by atoms with Crippen molar-refractivity contribution in [3.8, 4) is 0 Å². The Balaban J connectivity index is 1.94. The van der Waals surface area contributed by atoms with Gasteiger partial charge in [-0.25, -0.2) is 0 Å². The Morgan fingerprint density at radius 1 is 1.73 bits per heavy atom. The molecule has 0 bridgehead atoms. The molecule has 2 N–H and O–H groups in total. The van der Waals surface area contributed by atoms with Crippen molar-refractivity contribution in [1.82, 2.24) is 5.32 Å². The van der Waals surface area contributed by atoms with Gasteiger partial charge in [-0.05, 0) is 32.1 Å². The minimum atomic E-state index is -0.156. The molecule has 0 aromatic heterocycles. The second kappa shape index (κ2) is 5.01. The van der Waals surface area contributed by atoms with Crippen molar-refractivity contribution in [3.05, 3.63) is 0 Å². The van der Waals surface area contributed by atoms with Crippen LogP contribution in [0.1, 0.15) is 19.8 Å². The van der Waals surface area contributed by atoms with E-state index in [0.717, 1.165) is 13.0 Å². The number of aliphatic hydroxyl groups excluding tert-OH is 1. The molecule has 0 aromatic rings. The first-order valence-corrected chi connectivity index (χ1v) is 5.43. The Labute approximate surface area is 72.8 Å². The Kier molecular flexibility index (Phi) is 4.26. The van der Waals surface area contributed by atoms with E-state index in [-0.39, 0.29) is 6.10 Å². The van der Waals surface area contributed by atoms with Gasteiger partial charge in [-0.2, -0.15) is 11.8 Å². The van der Waals surface area contributed by atoms with Gasteiger partial charge < -0.3 is 10.4 Å². The van der Waals surface area contributed by atoms with Gasteiger partial charge in [0.2, 0.25) is 0 Å². The predicted octanol–water partition coefficient (Wildman–Crippen LogP) is 0.852. The summed E-state index contributed by atoms with van der Waals surface area (Å²) in [5.41, 5.74) is 0. The normalized spacial score (nSPS) is 27.3. The van der Waals surface area contributed by atoms with Gasteiger partial charge >= 0.3 is 0 Å². The quantitative estimate of drug-likeness (QED) is 0.664. The molecule has 0 unspecified atom stereocenters. The van der Waals surface area contributed by atoms with Gasteiger partial charge in [-0.3, -0.25) is 0 Å². The van der Waals surface area contributed by atoms with Gasteiger partial charge in [0.15, 0.2) is 0 Å². The van der Waals surface area contributed by atoms with Crippen LogP contribution in [0.25, 0.3) is 0 Å². The summed E-state index contributed by atoms with van der Waals surface area (Å²) >= 11 is 2.02. The Morgan fingerprint density at radius 2 is 2.55 bits per heavy atom. The third kappa shape index (κ3) is 3.99. The maximum Gasteiger partial charge on any atom is 0.0524 e. The van der Waals surface area contributed by atoms with E-state index in [2.05, 4.69) is 5.32 Å². The highest BCUT2D eigenvalue weighted by atomic mass is 32.2. The van der Waals surface area contributed by atoms with Gasteiger partial charge in [0.1, 0.15) is 0 Å².